The van der Waals surface area contributed by atoms with E-state index in [4.69, 9.17) is 15.9 Å². The van der Waals surface area contributed by atoms with E-state index in [9.17, 15) is 4.79 Å². The molecule has 2 atom stereocenters. The summed E-state index contributed by atoms with van der Waals surface area (Å²) in [5, 5.41) is 13.5. The lowest BCUT2D eigenvalue weighted by molar-refractivity contribution is -0.123. The number of amides is 1. The average Bonchev–Trinajstić information content (AvgIpc) is 3.09. The summed E-state index contributed by atoms with van der Waals surface area (Å²) in [5.74, 6) is 0.588. The fraction of sp³-hybridized carbons (Fsp3) is 0.278. The van der Waals surface area contributed by atoms with Gasteiger partial charge in [0.25, 0.3) is 0 Å². The summed E-state index contributed by atoms with van der Waals surface area (Å²) >= 11 is 0. The van der Waals surface area contributed by atoms with Crippen LogP contribution in [0.5, 0.6) is 5.75 Å². The molecule has 0 unspecified atom stereocenters. The molecular weight excluding hydrogens is 318 g/mol. The van der Waals surface area contributed by atoms with E-state index in [0.717, 1.165) is 5.69 Å². The molecule has 0 aliphatic carbocycles. The van der Waals surface area contributed by atoms with Crippen molar-refractivity contribution in [2.45, 2.75) is 25.1 Å². The number of nitrogen functional groups attached to an aromatic ring is 1. The predicted molar refractivity (Wildman–Crippen MR) is 94.4 cm³/mol. The summed E-state index contributed by atoms with van der Waals surface area (Å²) in [6.07, 6.45) is 2.18. The highest BCUT2D eigenvalue weighted by molar-refractivity contribution is 5.95. The number of benzene rings is 1. The third-order valence-electron chi connectivity index (χ3n) is 4.02. The standard InChI is InChI=1S/C18H21N5O2/c19-17(20)12-4-3-6-14(8-12)25-15-9-16(22-11-15)18(24)23-10-13-5-1-2-7-21-13/h1-8,15-16,22H,9-11H2,(H3,19,20)(H,23,24)/t15-,16+/m1/s1. The van der Waals surface area contributed by atoms with Crippen LogP contribution in [0.1, 0.15) is 17.7 Å². The van der Waals surface area contributed by atoms with Crippen LogP contribution < -0.4 is 21.1 Å². The maximum Gasteiger partial charge on any atom is 0.237 e. The molecule has 5 N–H and O–H groups in total. The molecule has 1 aliphatic heterocycles. The highest BCUT2D eigenvalue weighted by Crippen LogP contribution is 2.19. The van der Waals surface area contributed by atoms with E-state index in [0.29, 0.717) is 30.8 Å². The maximum atomic E-state index is 12.3. The first-order chi connectivity index (χ1) is 12.1. The van der Waals surface area contributed by atoms with Crippen molar-refractivity contribution in [3.8, 4) is 5.75 Å². The molecule has 25 heavy (non-hydrogen) atoms. The zero-order valence-electron chi connectivity index (χ0n) is 13.7. The molecule has 3 rings (SSSR count). The molecule has 0 spiro atoms. The second-order valence-electron chi connectivity index (χ2n) is 5.92. The number of hydrogen-bond donors (Lipinski definition) is 4. The van der Waals surface area contributed by atoms with Crippen molar-refractivity contribution >= 4 is 11.7 Å². The van der Waals surface area contributed by atoms with Crippen LogP contribution in [0.15, 0.2) is 48.7 Å². The predicted octanol–water partition coefficient (Wildman–Crippen LogP) is 0.791. The van der Waals surface area contributed by atoms with Gasteiger partial charge in [0.15, 0.2) is 0 Å². The number of pyridine rings is 1. The normalized spacial score (nSPS) is 19.4. The Morgan fingerprint density at radius 2 is 2.24 bits per heavy atom. The average molecular weight is 339 g/mol. The number of nitrogens with zero attached hydrogens (tertiary/aromatic N) is 1. The van der Waals surface area contributed by atoms with Crippen molar-refractivity contribution in [3.63, 3.8) is 0 Å². The summed E-state index contributed by atoms with van der Waals surface area (Å²) in [5.41, 5.74) is 6.93. The summed E-state index contributed by atoms with van der Waals surface area (Å²) in [4.78, 5) is 16.4. The maximum absolute atomic E-state index is 12.3. The highest BCUT2D eigenvalue weighted by Gasteiger charge is 2.30. The van der Waals surface area contributed by atoms with Gasteiger partial charge in [-0.3, -0.25) is 15.2 Å². The van der Waals surface area contributed by atoms with Gasteiger partial charge in [-0.2, -0.15) is 0 Å². The van der Waals surface area contributed by atoms with Gasteiger partial charge in [0.2, 0.25) is 5.91 Å². The Hall–Kier alpha value is -2.93. The van der Waals surface area contributed by atoms with Crippen LogP contribution in [-0.2, 0) is 11.3 Å². The van der Waals surface area contributed by atoms with Gasteiger partial charge in [0, 0.05) is 24.7 Å². The van der Waals surface area contributed by atoms with Crippen LogP contribution in [0.4, 0.5) is 0 Å². The molecule has 0 bridgehead atoms. The number of carbonyl (C=O) groups is 1. The summed E-state index contributed by atoms with van der Waals surface area (Å²) in [7, 11) is 0. The number of carbonyl (C=O) groups excluding carboxylic acids is 1. The quantitative estimate of drug-likeness (QED) is 0.459. The van der Waals surface area contributed by atoms with Gasteiger partial charge in [-0.05, 0) is 24.3 Å². The van der Waals surface area contributed by atoms with Gasteiger partial charge < -0.3 is 21.1 Å². The summed E-state index contributed by atoms with van der Waals surface area (Å²) in [6.45, 7) is 0.996. The minimum Gasteiger partial charge on any atom is -0.489 e. The molecule has 1 aliphatic rings. The summed E-state index contributed by atoms with van der Waals surface area (Å²) < 4.78 is 5.90. The van der Waals surface area contributed by atoms with E-state index in [-0.39, 0.29) is 23.9 Å². The van der Waals surface area contributed by atoms with Crippen molar-refractivity contribution in [2.24, 2.45) is 5.73 Å². The van der Waals surface area contributed by atoms with Crippen molar-refractivity contribution in [1.29, 1.82) is 5.41 Å². The Kier molecular flexibility index (Phi) is 5.25. The van der Waals surface area contributed by atoms with Crippen LogP contribution in [0.25, 0.3) is 0 Å². The molecule has 7 heteroatoms. The zero-order valence-corrected chi connectivity index (χ0v) is 13.7. The smallest absolute Gasteiger partial charge is 0.237 e. The Morgan fingerprint density at radius 3 is 3.00 bits per heavy atom. The molecule has 0 saturated carbocycles. The first-order valence-corrected chi connectivity index (χ1v) is 8.14. The largest absolute Gasteiger partial charge is 0.489 e. The van der Waals surface area contributed by atoms with Gasteiger partial charge >= 0.3 is 0 Å². The van der Waals surface area contributed by atoms with Gasteiger partial charge in [0.1, 0.15) is 17.7 Å². The third kappa shape index (κ3) is 4.54. The minimum atomic E-state index is -0.287. The second-order valence-corrected chi connectivity index (χ2v) is 5.92. The van der Waals surface area contributed by atoms with Gasteiger partial charge in [-0.1, -0.05) is 18.2 Å². The van der Waals surface area contributed by atoms with E-state index in [1.165, 1.54) is 0 Å². The van der Waals surface area contributed by atoms with E-state index < -0.39 is 0 Å². The number of nitrogens with one attached hydrogen (secondary N) is 3. The van der Waals surface area contributed by atoms with Crippen LogP contribution in [0.3, 0.4) is 0 Å². The molecule has 1 aromatic carbocycles. The minimum absolute atomic E-state index is 0.00164. The Morgan fingerprint density at radius 1 is 1.36 bits per heavy atom. The van der Waals surface area contributed by atoms with Gasteiger partial charge in [-0.15, -0.1) is 0 Å². The lowest BCUT2D eigenvalue weighted by atomic mass is 10.1. The molecule has 1 amide bonds. The number of amidine groups is 1. The Labute approximate surface area is 146 Å². The lowest BCUT2D eigenvalue weighted by Gasteiger charge is -2.14. The van der Waals surface area contributed by atoms with Crippen molar-refractivity contribution in [1.82, 2.24) is 15.6 Å². The lowest BCUT2D eigenvalue weighted by Crippen LogP contribution is -2.40. The molecule has 7 nitrogen and oxygen atoms in total. The van der Waals surface area contributed by atoms with Gasteiger partial charge in [-0.25, -0.2) is 0 Å². The Balaban J connectivity index is 1.50. The third-order valence-corrected chi connectivity index (χ3v) is 4.02. The number of hydrogen-bond acceptors (Lipinski definition) is 5. The topological polar surface area (TPSA) is 113 Å². The van der Waals surface area contributed by atoms with Crippen molar-refractivity contribution in [3.05, 3.63) is 59.9 Å². The Bertz CT molecular complexity index is 750. The fourth-order valence-electron chi connectivity index (χ4n) is 2.73. The first-order valence-electron chi connectivity index (χ1n) is 8.14. The molecular formula is C18H21N5O2. The van der Waals surface area contributed by atoms with E-state index in [1.54, 1.807) is 24.4 Å². The summed E-state index contributed by atoms with van der Waals surface area (Å²) in [6, 6.07) is 12.4. The molecule has 2 aromatic rings. The van der Waals surface area contributed by atoms with Crippen molar-refractivity contribution < 1.29 is 9.53 Å². The van der Waals surface area contributed by atoms with Crippen LogP contribution >= 0.6 is 0 Å². The van der Waals surface area contributed by atoms with Crippen LogP contribution in [-0.4, -0.2) is 35.4 Å². The van der Waals surface area contributed by atoms with E-state index >= 15 is 0 Å². The molecule has 2 heterocycles. The number of aromatic nitrogens is 1. The molecule has 130 valence electrons. The van der Waals surface area contributed by atoms with Crippen molar-refractivity contribution in [2.75, 3.05) is 6.54 Å². The number of ether oxygens (including phenoxy) is 1. The molecule has 1 saturated heterocycles. The number of rotatable bonds is 6. The van der Waals surface area contributed by atoms with E-state index in [2.05, 4.69) is 15.6 Å². The zero-order chi connectivity index (χ0) is 17.6. The SMILES string of the molecule is N=C(N)c1cccc(O[C@H]2CN[C@H](C(=O)NCc3ccccn3)C2)c1. The fourth-order valence-corrected chi connectivity index (χ4v) is 2.73. The molecule has 1 aromatic heterocycles. The van der Waals surface area contributed by atoms with E-state index in [1.807, 2.05) is 24.3 Å². The first kappa shape index (κ1) is 16.9. The molecule has 0 radical (unpaired) electrons. The van der Waals surface area contributed by atoms with Crippen LogP contribution in [0, 0.1) is 5.41 Å². The van der Waals surface area contributed by atoms with Gasteiger partial charge in [0.05, 0.1) is 18.3 Å². The van der Waals surface area contributed by atoms with Crippen LogP contribution in [0.2, 0.25) is 0 Å². The monoisotopic (exact) mass is 339 g/mol. The number of nitrogens with two attached hydrogens (primary N) is 1. The molecule has 1 fully saturated rings. The highest BCUT2D eigenvalue weighted by atomic mass is 16.5. The second kappa shape index (κ2) is 7.76.